The van der Waals surface area contributed by atoms with Crippen molar-refractivity contribution < 1.29 is 9.13 Å². The van der Waals surface area contributed by atoms with Crippen LogP contribution in [-0.2, 0) is 5.75 Å². The van der Waals surface area contributed by atoms with Gasteiger partial charge in [-0.15, -0.1) is 24.0 Å². The topological polar surface area (TPSA) is 59.6 Å². The van der Waals surface area contributed by atoms with Crippen LogP contribution >= 0.6 is 35.7 Å². The first kappa shape index (κ1) is 20.8. The Bertz CT molecular complexity index is 744. The van der Waals surface area contributed by atoms with Crippen molar-refractivity contribution in [1.29, 1.82) is 0 Å². The Morgan fingerprint density at radius 2 is 2.00 bits per heavy atom. The van der Waals surface area contributed by atoms with Gasteiger partial charge in [0.25, 0.3) is 0 Å². The number of nitrogens with zero attached hydrogens (tertiary/aromatic N) is 1. The molecule has 0 aromatic heterocycles. The number of guanidine groups is 1. The van der Waals surface area contributed by atoms with E-state index in [2.05, 4.69) is 10.3 Å². The molecule has 1 aliphatic heterocycles. The number of hydrogen-bond donors (Lipinski definition) is 2. The van der Waals surface area contributed by atoms with Crippen molar-refractivity contribution in [3.05, 3.63) is 65.5 Å². The van der Waals surface area contributed by atoms with Gasteiger partial charge in [0, 0.05) is 23.5 Å². The average molecular weight is 487 g/mol. The third-order valence-corrected chi connectivity index (χ3v) is 5.00. The third kappa shape index (κ3) is 5.77. The van der Waals surface area contributed by atoms with Crippen LogP contribution in [0.5, 0.6) is 5.75 Å². The highest BCUT2D eigenvalue weighted by Crippen LogP contribution is 2.31. The lowest BCUT2D eigenvalue weighted by molar-refractivity contribution is 0.262. The fraction of sp³-hybridized carbons (Fsp3) is 0.316. The summed E-state index contributed by atoms with van der Waals surface area (Å²) in [6.45, 7) is 1.27. The quantitative estimate of drug-likeness (QED) is 0.279. The molecule has 0 bridgehead atoms. The molecule has 3 N–H and O–H groups in total. The van der Waals surface area contributed by atoms with Crippen LogP contribution in [0.15, 0.2) is 53.5 Å². The summed E-state index contributed by atoms with van der Waals surface area (Å²) in [5, 5.41) is 3.27. The van der Waals surface area contributed by atoms with E-state index in [-0.39, 0.29) is 35.8 Å². The van der Waals surface area contributed by atoms with Gasteiger partial charge in [0.2, 0.25) is 0 Å². The predicted octanol–water partition coefficient (Wildman–Crippen LogP) is 4.11. The van der Waals surface area contributed by atoms with Crippen LogP contribution < -0.4 is 15.8 Å². The molecule has 0 saturated heterocycles. The molecule has 26 heavy (non-hydrogen) atoms. The van der Waals surface area contributed by atoms with Gasteiger partial charge in [-0.25, -0.2) is 4.39 Å². The van der Waals surface area contributed by atoms with Gasteiger partial charge in [0.05, 0.1) is 19.2 Å². The summed E-state index contributed by atoms with van der Waals surface area (Å²) in [7, 11) is 0. The van der Waals surface area contributed by atoms with Gasteiger partial charge >= 0.3 is 0 Å². The van der Waals surface area contributed by atoms with Crippen LogP contribution in [0.25, 0.3) is 0 Å². The van der Waals surface area contributed by atoms with E-state index in [1.807, 2.05) is 36.4 Å². The molecule has 1 unspecified atom stereocenters. The lowest BCUT2D eigenvalue weighted by Gasteiger charge is -2.26. The molecule has 1 atom stereocenters. The van der Waals surface area contributed by atoms with Gasteiger partial charge in [-0.2, -0.15) is 11.8 Å². The normalized spacial score (nSPS) is 16.2. The predicted molar refractivity (Wildman–Crippen MR) is 117 cm³/mol. The lowest BCUT2D eigenvalue weighted by atomic mass is 10.0. The Hall–Kier alpha value is -1.48. The molecule has 140 valence electrons. The number of aliphatic imine (C=N–C) groups is 1. The molecule has 2 aromatic carbocycles. The van der Waals surface area contributed by atoms with E-state index < -0.39 is 0 Å². The van der Waals surface area contributed by atoms with E-state index in [1.165, 1.54) is 6.07 Å². The summed E-state index contributed by atoms with van der Waals surface area (Å²) in [6.07, 6.45) is 0.856. The number of para-hydroxylation sites is 1. The van der Waals surface area contributed by atoms with E-state index in [0.29, 0.717) is 24.9 Å². The lowest BCUT2D eigenvalue weighted by Crippen LogP contribution is -2.37. The molecule has 0 spiro atoms. The van der Waals surface area contributed by atoms with E-state index in [0.717, 1.165) is 29.1 Å². The number of nitrogens with two attached hydrogens (primary N) is 1. The van der Waals surface area contributed by atoms with Gasteiger partial charge in [-0.1, -0.05) is 36.4 Å². The van der Waals surface area contributed by atoms with Crippen LogP contribution in [0, 0.1) is 5.82 Å². The smallest absolute Gasteiger partial charge is 0.189 e. The zero-order valence-electron chi connectivity index (χ0n) is 14.4. The minimum absolute atomic E-state index is 0. The van der Waals surface area contributed by atoms with Gasteiger partial charge < -0.3 is 15.8 Å². The number of hydrogen-bond acceptors (Lipinski definition) is 3. The highest BCUT2D eigenvalue weighted by atomic mass is 127. The van der Waals surface area contributed by atoms with Crippen LogP contribution in [0.3, 0.4) is 0 Å². The summed E-state index contributed by atoms with van der Waals surface area (Å²) in [4.78, 5) is 4.37. The molecule has 0 fully saturated rings. The van der Waals surface area contributed by atoms with Crippen molar-refractivity contribution in [1.82, 2.24) is 5.32 Å². The third-order valence-electron chi connectivity index (χ3n) is 4.01. The maximum Gasteiger partial charge on any atom is 0.189 e. The summed E-state index contributed by atoms with van der Waals surface area (Å²) in [5.74, 6) is 2.62. The summed E-state index contributed by atoms with van der Waals surface area (Å²) >= 11 is 1.65. The molecular formula is C19H23FIN3OS. The van der Waals surface area contributed by atoms with Crippen molar-refractivity contribution >= 4 is 41.7 Å². The van der Waals surface area contributed by atoms with Crippen molar-refractivity contribution in [2.24, 2.45) is 10.7 Å². The fourth-order valence-corrected chi connectivity index (χ4v) is 3.56. The largest absolute Gasteiger partial charge is 0.493 e. The Morgan fingerprint density at radius 3 is 2.85 bits per heavy atom. The first-order valence-electron chi connectivity index (χ1n) is 8.33. The number of thioether (sulfide) groups is 1. The van der Waals surface area contributed by atoms with Gasteiger partial charge in [-0.3, -0.25) is 4.99 Å². The standard InChI is InChI=1S/C19H22FN3OS.HI/c20-16-7-3-1-5-14(16)13-25-12-10-22-19(21)23-17-9-11-24-18-8-4-2-6-15(17)18;/h1-8,17H,9-13H2,(H3,21,22,23);1H. The summed E-state index contributed by atoms with van der Waals surface area (Å²) < 4.78 is 19.2. The number of fused-ring (bicyclic) bond motifs is 1. The first-order valence-corrected chi connectivity index (χ1v) is 9.49. The Labute approximate surface area is 174 Å². The number of rotatable bonds is 6. The second-order valence-electron chi connectivity index (χ2n) is 5.78. The molecule has 0 radical (unpaired) electrons. The highest BCUT2D eigenvalue weighted by molar-refractivity contribution is 14.0. The number of halogens is 2. The van der Waals surface area contributed by atoms with Crippen LogP contribution in [0.1, 0.15) is 23.6 Å². The first-order chi connectivity index (χ1) is 12.2. The zero-order valence-corrected chi connectivity index (χ0v) is 17.5. The number of ether oxygens (including phenoxy) is 1. The van der Waals surface area contributed by atoms with E-state index in [4.69, 9.17) is 10.5 Å². The molecule has 1 aliphatic rings. The minimum Gasteiger partial charge on any atom is -0.493 e. The van der Waals surface area contributed by atoms with Crippen molar-refractivity contribution in [3.63, 3.8) is 0 Å². The Morgan fingerprint density at radius 1 is 1.23 bits per heavy atom. The Kier molecular flexibility index (Phi) is 8.50. The van der Waals surface area contributed by atoms with Crippen LogP contribution in [-0.4, -0.2) is 24.9 Å². The monoisotopic (exact) mass is 487 g/mol. The zero-order chi connectivity index (χ0) is 17.5. The number of nitrogens with one attached hydrogen (secondary N) is 1. The SMILES string of the molecule is I.NC(=NCCSCc1ccccc1F)NC1CCOc2ccccc21. The number of benzene rings is 2. The molecule has 2 aromatic rings. The summed E-state index contributed by atoms with van der Waals surface area (Å²) in [5.41, 5.74) is 7.84. The molecule has 1 heterocycles. The van der Waals surface area contributed by atoms with Crippen LogP contribution in [0.2, 0.25) is 0 Å². The molecular weight excluding hydrogens is 464 g/mol. The summed E-state index contributed by atoms with van der Waals surface area (Å²) in [6, 6.07) is 14.9. The van der Waals surface area contributed by atoms with Crippen molar-refractivity contribution in [2.75, 3.05) is 18.9 Å². The average Bonchev–Trinajstić information content (AvgIpc) is 2.63. The molecule has 4 nitrogen and oxygen atoms in total. The molecule has 3 rings (SSSR count). The highest BCUT2D eigenvalue weighted by Gasteiger charge is 2.21. The van der Waals surface area contributed by atoms with E-state index in [9.17, 15) is 4.39 Å². The van der Waals surface area contributed by atoms with Crippen molar-refractivity contribution in [3.8, 4) is 5.75 Å². The van der Waals surface area contributed by atoms with E-state index >= 15 is 0 Å². The second kappa shape index (κ2) is 10.6. The maximum atomic E-state index is 13.5. The fourth-order valence-electron chi connectivity index (χ4n) is 2.74. The molecule has 7 heteroatoms. The molecule has 0 saturated carbocycles. The molecule has 0 amide bonds. The van der Waals surface area contributed by atoms with Crippen LogP contribution in [0.4, 0.5) is 4.39 Å². The maximum absolute atomic E-state index is 13.5. The van der Waals surface area contributed by atoms with E-state index in [1.54, 1.807) is 17.8 Å². The van der Waals surface area contributed by atoms with Gasteiger partial charge in [0.15, 0.2) is 5.96 Å². The van der Waals surface area contributed by atoms with Gasteiger partial charge in [0.1, 0.15) is 11.6 Å². The Balaban J connectivity index is 0.00000243. The molecule has 0 aliphatic carbocycles. The van der Waals surface area contributed by atoms with Crippen molar-refractivity contribution in [2.45, 2.75) is 18.2 Å². The van der Waals surface area contributed by atoms with Gasteiger partial charge in [-0.05, 0) is 17.7 Å². The second-order valence-corrected chi connectivity index (χ2v) is 6.89. The minimum atomic E-state index is -0.155.